The molecular formula is C22H22N4O3. The number of pyridine rings is 1. The highest BCUT2D eigenvalue weighted by atomic mass is 16.5. The summed E-state index contributed by atoms with van der Waals surface area (Å²) in [5.41, 5.74) is 3.07. The first-order valence-electron chi connectivity index (χ1n) is 9.51. The van der Waals surface area contributed by atoms with Crippen LogP contribution in [0.25, 0.3) is 10.9 Å². The van der Waals surface area contributed by atoms with Gasteiger partial charge in [0.15, 0.2) is 0 Å². The maximum atomic E-state index is 12.7. The molecule has 0 bridgehead atoms. The summed E-state index contributed by atoms with van der Waals surface area (Å²) in [4.78, 5) is 28.6. The Bertz CT molecular complexity index is 1050. The number of ether oxygens (including phenoxy) is 1. The second-order valence-electron chi connectivity index (χ2n) is 6.99. The number of methoxy groups -OCH3 is 1. The summed E-state index contributed by atoms with van der Waals surface area (Å²) in [5, 5.41) is 9.79. The molecule has 0 radical (unpaired) electrons. The highest BCUT2D eigenvalue weighted by Crippen LogP contribution is 2.24. The number of carbonyl (C=O) groups excluding carboxylic acids is 2. The van der Waals surface area contributed by atoms with Gasteiger partial charge in [-0.05, 0) is 42.7 Å². The minimum absolute atomic E-state index is 0.0626. The van der Waals surface area contributed by atoms with Gasteiger partial charge in [-0.2, -0.15) is 0 Å². The summed E-state index contributed by atoms with van der Waals surface area (Å²) >= 11 is 0. The molecule has 3 aromatic rings. The Balaban J connectivity index is 1.50. The van der Waals surface area contributed by atoms with E-state index in [0.29, 0.717) is 29.7 Å². The average molecular weight is 390 g/mol. The second kappa shape index (κ2) is 8.18. The summed E-state index contributed by atoms with van der Waals surface area (Å²) in [5.74, 6) is 0.578. The molecule has 7 nitrogen and oxygen atoms in total. The number of nitrogens with one attached hydrogen (secondary N) is 3. The van der Waals surface area contributed by atoms with Crippen molar-refractivity contribution in [3.8, 4) is 0 Å². The highest BCUT2D eigenvalue weighted by molar-refractivity contribution is 6.07. The van der Waals surface area contributed by atoms with E-state index in [1.807, 2.05) is 36.4 Å². The molecule has 1 aromatic heterocycles. The van der Waals surface area contributed by atoms with Crippen LogP contribution in [0.15, 0.2) is 54.6 Å². The van der Waals surface area contributed by atoms with E-state index >= 15 is 0 Å². The van der Waals surface area contributed by atoms with Gasteiger partial charge in [0.05, 0.1) is 18.2 Å². The second-order valence-corrected chi connectivity index (χ2v) is 6.99. The quantitative estimate of drug-likeness (QED) is 0.593. The van der Waals surface area contributed by atoms with Crippen LogP contribution in [-0.2, 0) is 11.3 Å². The SMILES string of the molecule is COC(=O)Nc1ccc(CNc2cc(C(=O)NC3CC3)c3ccccc3n2)cc1. The molecule has 2 amide bonds. The Hall–Kier alpha value is -3.61. The van der Waals surface area contributed by atoms with Crippen LogP contribution >= 0.6 is 0 Å². The van der Waals surface area contributed by atoms with Crippen molar-refractivity contribution in [1.29, 1.82) is 0 Å². The van der Waals surface area contributed by atoms with Crippen molar-refractivity contribution in [3.05, 3.63) is 65.7 Å². The van der Waals surface area contributed by atoms with E-state index in [4.69, 9.17) is 0 Å². The fourth-order valence-electron chi connectivity index (χ4n) is 3.01. The number of hydrogen-bond acceptors (Lipinski definition) is 5. The topological polar surface area (TPSA) is 92.4 Å². The van der Waals surface area contributed by atoms with Gasteiger partial charge < -0.3 is 15.4 Å². The van der Waals surface area contributed by atoms with Crippen LogP contribution in [0.5, 0.6) is 0 Å². The van der Waals surface area contributed by atoms with Crippen LogP contribution in [0.2, 0.25) is 0 Å². The third-order valence-corrected chi connectivity index (χ3v) is 4.73. The first-order chi connectivity index (χ1) is 14.1. The third-order valence-electron chi connectivity index (χ3n) is 4.73. The van der Waals surface area contributed by atoms with Gasteiger partial charge in [0, 0.05) is 23.7 Å². The van der Waals surface area contributed by atoms with E-state index in [9.17, 15) is 9.59 Å². The predicted molar refractivity (Wildman–Crippen MR) is 112 cm³/mol. The van der Waals surface area contributed by atoms with Crippen LogP contribution in [0.1, 0.15) is 28.8 Å². The van der Waals surface area contributed by atoms with Crippen LogP contribution < -0.4 is 16.0 Å². The van der Waals surface area contributed by atoms with E-state index in [1.165, 1.54) is 7.11 Å². The predicted octanol–water partition coefficient (Wildman–Crippen LogP) is 3.92. The maximum absolute atomic E-state index is 12.7. The molecule has 0 saturated heterocycles. The normalized spacial score (nSPS) is 13.0. The Labute approximate surface area is 168 Å². The van der Waals surface area contributed by atoms with Crippen LogP contribution in [0.3, 0.4) is 0 Å². The molecule has 1 heterocycles. The number of aromatic nitrogens is 1. The van der Waals surface area contributed by atoms with E-state index in [2.05, 4.69) is 25.7 Å². The Morgan fingerprint density at radius 2 is 1.86 bits per heavy atom. The first kappa shape index (κ1) is 18.7. The van der Waals surface area contributed by atoms with Gasteiger partial charge >= 0.3 is 6.09 Å². The molecule has 1 saturated carbocycles. The zero-order chi connectivity index (χ0) is 20.2. The van der Waals surface area contributed by atoms with Gasteiger partial charge in [-0.1, -0.05) is 30.3 Å². The standard InChI is InChI=1S/C22H22N4O3/c1-29-22(28)25-16-8-6-14(7-9-16)13-23-20-12-18(21(27)24-15-10-11-15)17-4-2-3-5-19(17)26-20/h2-9,12,15H,10-11,13H2,1H3,(H,23,26)(H,24,27)(H,25,28). The third kappa shape index (κ3) is 4.63. The smallest absolute Gasteiger partial charge is 0.411 e. The number of para-hydroxylation sites is 1. The molecule has 3 N–H and O–H groups in total. The molecule has 29 heavy (non-hydrogen) atoms. The molecular weight excluding hydrogens is 368 g/mol. The molecule has 1 aliphatic carbocycles. The van der Waals surface area contributed by atoms with Crippen molar-refractivity contribution in [3.63, 3.8) is 0 Å². The van der Waals surface area contributed by atoms with E-state index in [-0.39, 0.29) is 5.91 Å². The largest absolute Gasteiger partial charge is 0.453 e. The molecule has 0 aliphatic heterocycles. The summed E-state index contributed by atoms with van der Waals surface area (Å²) in [6.07, 6.45) is 1.58. The van der Waals surface area contributed by atoms with E-state index in [0.717, 1.165) is 29.3 Å². The van der Waals surface area contributed by atoms with Crippen molar-refractivity contribution in [2.24, 2.45) is 0 Å². The summed E-state index contributed by atoms with van der Waals surface area (Å²) in [6.45, 7) is 0.535. The lowest BCUT2D eigenvalue weighted by atomic mass is 10.1. The lowest BCUT2D eigenvalue weighted by Crippen LogP contribution is -2.25. The van der Waals surface area contributed by atoms with Crippen LogP contribution in [0, 0.1) is 0 Å². The minimum Gasteiger partial charge on any atom is -0.453 e. The van der Waals surface area contributed by atoms with Crippen molar-refractivity contribution in [2.45, 2.75) is 25.4 Å². The molecule has 1 aliphatic rings. The fraction of sp³-hybridized carbons (Fsp3) is 0.227. The summed E-state index contributed by atoms with van der Waals surface area (Å²) < 4.78 is 4.58. The molecule has 0 atom stereocenters. The number of carbonyl (C=O) groups is 2. The van der Waals surface area contributed by atoms with Crippen molar-refractivity contribution in [2.75, 3.05) is 17.7 Å². The number of fused-ring (bicyclic) bond motifs is 1. The van der Waals surface area contributed by atoms with Gasteiger partial charge in [0.1, 0.15) is 5.82 Å². The number of amides is 2. The monoisotopic (exact) mass is 390 g/mol. The Morgan fingerprint density at radius 3 is 2.59 bits per heavy atom. The van der Waals surface area contributed by atoms with E-state index in [1.54, 1.807) is 18.2 Å². The van der Waals surface area contributed by atoms with Gasteiger partial charge in [0.25, 0.3) is 5.91 Å². The number of hydrogen-bond donors (Lipinski definition) is 3. The zero-order valence-electron chi connectivity index (χ0n) is 16.1. The molecule has 0 spiro atoms. The first-order valence-corrected chi connectivity index (χ1v) is 9.51. The summed E-state index contributed by atoms with van der Waals surface area (Å²) in [6, 6.07) is 17.1. The highest BCUT2D eigenvalue weighted by Gasteiger charge is 2.25. The van der Waals surface area contributed by atoms with Crippen molar-refractivity contribution >= 4 is 34.4 Å². The number of benzene rings is 2. The number of anilines is 2. The van der Waals surface area contributed by atoms with Gasteiger partial charge in [-0.3, -0.25) is 10.1 Å². The molecule has 7 heteroatoms. The van der Waals surface area contributed by atoms with Crippen LogP contribution in [-0.4, -0.2) is 30.1 Å². The summed E-state index contributed by atoms with van der Waals surface area (Å²) in [7, 11) is 1.32. The fourth-order valence-corrected chi connectivity index (χ4v) is 3.01. The molecule has 1 fully saturated rings. The number of nitrogens with zero attached hydrogens (tertiary/aromatic N) is 1. The zero-order valence-corrected chi connectivity index (χ0v) is 16.1. The van der Waals surface area contributed by atoms with Gasteiger partial charge in [0.2, 0.25) is 0 Å². The van der Waals surface area contributed by atoms with Crippen LogP contribution in [0.4, 0.5) is 16.3 Å². The van der Waals surface area contributed by atoms with Crippen molar-refractivity contribution in [1.82, 2.24) is 10.3 Å². The van der Waals surface area contributed by atoms with Crippen molar-refractivity contribution < 1.29 is 14.3 Å². The molecule has 2 aromatic carbocycles. The molecule has 0 unspecified atom stereocenters. The Morgan fingerprint density at radius 1 is 1.10 bits per heavy atom. The lowest BCUT2D eigenvalue weighted by Gasteiger charge is -2.12. The Kier molecular flexibility index (Phi) is 5.29. The average Bonchev–Trinajstić information content (AvgIpc) is 3.56. The maximum Gasteiger partial charge on any atom is 0.411 e. The molecule has 4 rings (SSSR count). The number of rotatable bonds is 6. The lowest BCUT2D eigenvalue weighted by molar-refractivity contribution is 0.0952. The van der Waals surface area contributed by atoms with E-state index < -0.39 is 6.09 Å². The van der Waals surface area contributed by atoms with Gasteiger partial charge in [-0.25, -0.2) is 9.78 Å². The molecule has 148 valence electrons. The van der Waals surface area contributed by atoms with Gasteiger partial charge in [-0.15, -0.1) is 0 Å². The minimum atomic E-state index is -0.506.